The molecular weight excluding hydrogens is 532 g/mol. The molecule has 0 aliphatic carbocycles. The molecule has 0 aromatic heterocycles. The number of amides is 2. The van der Waals surface area contributed by atoms with Gasteiger partial charge in [0, 0.05) is 36.3 Å². The number of carbonyl (C=O) groups excluding carboxylic acids is 2. The van der Waals surface area contributed by atoms with Crippen LogP contribution in [0.1, 0.15) is 26.7 Å². The lowest BCUT2D eigenvalue weighted by atomic mass is 9.86. The van der Waals surface area contributed by atoms with Gasteiger partial charge in [0.05, 0.1) is 11.6 Å². The fraction of sp³-hybridized carbons (Fsp3) is 0.440. The number of benzene rings is 2. The van der Waals surface area contributed by atoms with Crippen molar-refractivity contribution in [2.75, 3.05) is 44.3 Å². The van der Waals surface area contributed by atoms with Crippen molar-refractivity contribution in [2.45, 2.75) is 37.1 Å². The van der Waals surface area contributed by atoms with E-state index in [1.165, 1.54) is 4.31 Å². The largest absolute Gasteiger partial charge is 0.342 e. The summed E-state index contributed by atoms with van der Waals surface area (Å²) >= 11 is 3.34. The highest BCUT2D eigenvalue weighted by atomic mass is 79.9. The van der Waals surface area contributed by atoms with Crippen molar-refractivity contribution in [3.05, 3.63) is 59.1 Å². The minimum atomic E-state index is -3.67. The zero-order valence-corrected chi connectivity index (χ0v) is 22.5. The predicted molar refractivity (Wildman–Crippen MR) is 138 cm³/mol. The Morgan fingerprint density at radius 2 is 1.60 bits per heavy atom. The molecule has 0 saturated carbocycles. The van der Waals surface area contributed by atoms with Crippen LogP contribution in [-0.2, 0) is 19.6 Å². The fourth-order valence-corrected chi connectivity index (χ4v) is 6.72. The Kier molecular flexibility index (Phi) is 7.54. The van der Waals surface area contributed by atoms with Crippen molar-refractivity contribution < 1.29 is 18.0 Å². The van der Waals surface area contributed by atoms with E-state index in [-0.39, 0.29) is 36.3 Å². The number of hydrogen-bond acceptors (Lipinski definition) is 5. The summed E-state index contributed by atoms with van der Waals surface area (Å²) in [6.07, 6.45) is 0.707. The molecule has 8 nitrogen and oxygen atoms in total. The molecule has 2 aliphatic rings. The number of anilines is 1. The average molecular weight is 564 g/mol. The third-order valence-electron chi connectivity index (χ3n) is 7.03. The lowest BCUT2D eigenvalue weighted by molar-refractivity contribution is -0.140. The Morgan fingerprint density at radius 3 is 2.17 bits per heavy atom. The Labute approximate surface area is 215 Å². The van der Waals surface area contributed by atoms with Crippen LogP contribution in [0.5, 0.6) is 0 Å². The Bertz CT molecular complexity index is 1160. The molecule has 2 aromatic rings. The van der Waals surface area contributed by atoms with E-state index in [9.17, 15) is 18.0 Å². The Balaban J connectivity index is 1.59. The predicted octanol–water partition coefficient (Wildman–Crippen LogP) is 3.15. The van der Waals surface area contributed by atoms with Crippen LogP contribution in [0.4, 0.5) is 5.69 Å². The highest BCUT2D eigenvalue weighted by Gasteiger charge is 2.55. The van der Waals surface area contributed by atoms with Gasteiger partial charge in [-0.05, 0) is 63.1 Å². The molecule has 0 radical (unpaired) electrons. The van der Waals surface area contributed by atoms with E-state index in [1.54, 1.807) is 34.1 Å². The van der Waals surface area contributed by atoms with Gasteiger partial charge in [-0.2, -0.15) is 4.31 Å². The first-order chi connectivity index (χ1) is 16.7. The maximum atomic E-state index is 13.8. The van der Waals surface area contributed by atoms with Crippen molar-refractivity contribution >= 4 is 43.5 Å². The summed E-state index contributed by atoms with van der Waals surface area (Å²) in [4.78, 5) is 32.2. The van der Waals surface area contributed by atoms with E-state index < -0.39 is 15.6 Å². The van der Waals surface area contributed by atoms with E-state index in [4.69, 9.17) is 0 Å². The molecule has 2 saturated heterocycles. The molecule has 2 amide bonds. The van der Waals surface area contributed by atoms with Gasteiger partial charge in [-0.1, -0.05) is 34.1 Å². The highest BCUT2D eigenvalue weighted by Crippen LogP contribution is 2.40. The van der Waals surface area contributed by atoms with Crippen molar-refractivity contribution in [3.8, 4) is 0 Å². The fourth-order valence-electron chi connectivity index (χ4n) is 5.01. The van der Waals surface area contributed by atoms with Crippen molar-refractivity contribution in [3.63, 3.8) is 0 Å². The van der Waals surface area contributed by atoms with Gasteiger partial charge in [-0.3, -0.25) is 9.59 Å². The number of likely N-dealkylation sites (N-methyl/N-ethyl adjacent to an activating group) is 1. The number of nitrogens with zero attached hydrogens (tertiary/aromatic N) is 4. The molecule has 188 valence electrons. The third-order valence-corrected chi connectivity index (χ3v) is 9.47. The lowest BCUT2D eigenvalue weighted by Crippen LogP contribution is -2.57. The Morgan fingerprint density at radius 1 is 1.00 bits per heavy atom. The Hall–Kier alpha value is -2.43. The molecule has 35 heavy (non-hydrogen) atoms. The van der Waals surface area contributed by atoms with E-state index >= 15 is 0 Å². The summed E-state index contributed by atoms with van der Waals surface area (Å²) < 4.78 is 28.7. The van der Waals surface area contributed by atoms with Crippen LogP contribution < -0.4 is 4.90 Å². The second-order valence-corrected chi connectivity index (χ2v) is 11.7. The molecule has 2 heterocycles. The first-order valence-electron chi connectivity index (χ1n) is 11.9. The van der Waals surface area contributed by atoms with Crippen LogP contribution >= 0.6 is 15.9 Å². The molecule has 0 atom stereocenters. The van der Waals surface area contributed by atoms with Gasteiger partial charge in [-0.25, -0.2) is 8.42 Å². The molecule has 0 N–H and O–H groups in total. The summed E-state index contributed by atoms with van der Waals surface area (Å²) in [6, 6.07) is 16.3. The van der Waals surface area contributed by atoms with Gasteiger partial charge in [0.1, 0.15) is 12.1 Å². The second kappa shape index (κ2) is 10.3. The van der Waals surface area contributed by atoms with Gasteiger partial charge < -0.3 is 14.7 Å². The molecular formula is C25H31BrN4O4S. The van der Waals surface area contributed by atoms with Gasteiger partial charge in [0.15, 0.2) is 0 Å². The van der Waals surface area contributed by atoms with Gasteiger partial charge in [0.2, 0.25) is 21.8 Å². The van der Waals surface area contributed by atoms with E-state index in [2.05, 4.69) is 20.8 Å². The zero-order valence-electron chi connectivity index (χ0n) is 20.1. The summed E-state index contributed by atoms with van der Waals surface area (Å²) in [5.74, 6) is -0.189. The quantitative estimate of drug-likeness (QED) is 0.517. The van der Waals surface area contributed by atoms with Gasteiger partial charge >= 0.3 is 0 Å². The molecule has 4 rings (SSSR count). The minimum Gasteiger partial charge on any atom is -0.342 e. The van der Waals surface area contributed by atoms with Crippen LogP contribution in [0.15, 0.2) is 64.0 Å². The van der Waals surface area contributed by atoms with E-state index in [1.807, 2.05) is 44.2 Å². The number of piperidine rings is 1. The van der Waals surface area contributed by atoms with Crippen molar-refractivity contribution in [1.82, 2.24) is 14.1 Å². The summed E-state index contributed by atoms with van der Waals surface area (Å²) in [7, 11) is -3.67. The molecule has 10 heteroatoms. The number of halogens is 1. The molecule has 2 aliphatic heterocycles. The van der Waals surface area contributed by atoms with Gasteiger partial charge in [-0.15, -0.1) is 0 Å². The van der Waals surface area contributed by atoms with Crippen LogP contribution in [0.2, 0.25) is 0 Å². The maximum Gasteiger partial charge on any atom is 0.250 e. The number of rotatable bonds is 7. The minimum absolute atomic E-state index is 0.0203. The standard InChI is InChI=1S/C25H31BrN4O4S/c1-3-27(4-2)23(31)18-28-19-30(21-8-6-5-7-9-21)25(24(28)32)14-16-29(17-15-25)35(33,34)22-12-10-20(26)11-13-22/h5-13H,3-4,14-19H2,1-2H3. The van der Waals surface area contributed by atoms with Crippen LogP contribution in [-0.4, -0.2) is 79.3 Å². The average Bonchev–Trinajstić information content (AvgIpc) is 3.12. The van der Waals surface area contributed by atoms with Crippen molar-refractivity contribution in [1.29, 1.82) is 0 Å². The summed E-state index contributed by atoms with van der Waals surface area (Å²) in [5.41, 5.74) is 0.0132. The topological polar surface area (TPSA) is 81.2 Å². The summed E-state index contributed by atoms with van der Waals surface area (Å²) in [6.45, 7) is 5.80. The van der Waals surface area contributed by atoms with Crippen LogP contribution in [0.25, 0.3) is 0 Å². The second-order valence-electron chi connectivity index (χ2n) is 8.86. The molecule has 1 spiro atoms. The van der Waals surface area contributed by atoms with Crippen molar-refractivity contribution in [2.24, 2.45) is 0 Å². The maximum absolute atomic E-state index is 13.8. The van der Waals surface area contributed by atoms with Gasteiger partial charge in [0.25, 0.3) is 0 Å². The number of sulfonamides is 1. The highest BCUT2D eigenvalue weighted by molar-refractivity contribution is 9.10. The lowest BCUT2D eigenvalue weighted by Gasteiger charge is -2.42. The molecule has 2 fully saturated rings. The van der Waals surface area contributed by atoms with E-state index in [0.717, 1.165) is 10.2 Å². The number of carbonyl (C=O) groups is 2. The third kappa shape index (κ3) is 4.83. The van der Waals surface area contributed by atoms with Crippen LogP contribution in [0.3, 0.4) is 0 Å². The summed E-state index contributed by atoms with van der Waals surface area (Å²) in [5, 5.41) is 0. The SMILES string of the molecule is CCN(CC)C(=O)CN1CN(c2ccccc2)C2(CCN(S(=O)(=O)c3ccc(Br)cc3)CC2)C1=O. The number of hydrogen-bond donors (Lipinski definition) is 0. The number of para-hydroxylation sites is 1. The first kappa shape index (κ1) is 25.7. The molecule has 0 unspecified atom stereocenters. The smallest absolute Gasteiger partial charge is 0.250 e. The normalized spacial score (nSPS) is 18.3. The van der Waals surface area contributed by atoms with Crippen LogP contribution in [0, 0.1) is 0 Å². The van der Waals surface area contributed by atoms with E-state index in [0.29, 0.717) is 32.6 Å². The zero-order chi connectivity index (χ0) is 25.2. The monoisotopic (exact) mass is 562 g/mol. The first-order valence-corrected chi connectivity index (χ1v) is 14.1. The molecule has 0 bridgehead atoms. The molecule has 2 aromatic carbocycles.